The third kappa shape index (κ3) is 3.86. The highest BCUT2D eigenvalue weighted by Crippen LogP contribution is 2.38. The van der Waals surface area contributed by atoms with Gasteiger partial charge in [-0.3, -0.25) is 0 Å². The quantitative estimate of drug-likeness (QED) is 0.709. The Balaban J connectivity index is 1.70. The molecule has 0 bridgehead atoms. The van der Waals surface area contributed by atoms with Crippen molar-refractivity contribution in [3.63, 3.8) is 0 Å². The molecule has 2 saturated carbocycles. The zero-order valence-electron chi connectivity index (χ0n) is 12.5. The molecule has 3 rings (SSSR count). The SMILES string of the molecule is CCCNCc1cc(S(=O)(=O)N(CC2CC2)C2CC2)cs1. The van der Waals surface area contributed by atoms with Crippen LogP contribution in [0.25, 0.3) is 0 Å². The lowest BCUT2D eigenvalue weighted by molar-refractivity contribution is 0.389. The second kappa shape index (κ2) is 6.36. The van der Waals surface area contributed by atoms with Gasteiger partial charge in [0, 0.05) is 29.4 Å². The zero-order valence-corrected chi connectivity index (χ0v) is 14.2. The Bertz CT molecular complexity index is 574. The van der Waals surface area contributed by atoms with Gasteiger partial charge in [-0.1, -0.05) is 6.92 Å². The normalized spacial score (nSPS) is 19.3. The van der Waals surface area contributed by atoms with Crippen molar-refractivity contribution in [2.24, 2.45) is 5.92 Å². The fraction of sp³-hybridized carbons (Fsp3) is 0.733. The molecule has 1 heterocycles. The lowest BCUT2D eigenvalue weighted by atomic mass is 10.4. The Morgan fingerprint density at radius 3 is 2.71 bits per heavy atom. The molecule has 0 atom stereocenters. The maximum absolute atomic E-state index is 12.8. The van der Waals surface area contributed by atoms with Crippen LogP contribution in [0.2, 0.25) is 0 Å². The van der Waals surface area contributed by atoms with Gasteiger partial charge in [0.05, 0.1) is 4.90 Å². The fourth-order valence-electron chi connectivity index (χ4n) is 2.47. The molecule has 1 aromatic rings. The smallest absolute Gasteiger partial charge is 0.244 e. The van der Waals surface area contributed by atoms with Crippen LogP contribution >= 0.6 is 11.3 Å². The number of hydrogen-bond acceptors (Lipinski definition) is 4. The van der Waals surface area contributed by atoms with Gasteiger partial charge < -0.3 is 5.32 Å². The third-order valence-electron chi connectivity index (χ3n) is 4.05. The van der Waals surface area contributed by atoms with Gasteiger partial charge in [-0.25, -0.2) is 8.42 Å². The van der Waals surface area contributed by atoms with Gasteiger partial charge in [0.15, 0.2) is 0 Å². The van der Waals surface area contributed by atoms with E-state index in [9.17, 15) is 8.42 Å². The average molecular weight is 329 g/mol. The van der Waals surface area contributed by atoms with E-state index in [4.69, 9.17) is 0 Å². The molecule has 1 N–H and O–H groups in total. The van der Waals surface area contributed by atoms with E-state index in [0.717, 1.165) is 43.8 Å². The summed E-state index contributed by atoms with van der Waals surface area (Å²) in [6, 6.07) is 2.11. The van der Waals surface area contributed by atoms with Gasteiger partial charge in [0.2, 0.25) is 10.0 Å². The van der Waals surface area contributed by atoms with E-state index >= 15 is 0 Å². The van der Waals surface area contributed by atoms with Crippen molar-refractivity contribution in [3.05, 3.63) is 16.3 Å². The van der Waals surface area contributed by atoms with Crippen molar-refractivity contribution < 1.29 is 8.42 Å². The van der Waals surface area contributed by atoms with Crippen LogP contribution in [0.3, 0.4) is 0 Å². The van der Waals surface area contributed by atoms with Crippen LogP contribution in [0, 0.1) is 5.92 Å². The summed E-state index contributed by atoms with van der Waals surface area (Å²) in [6.45, 7) is 4.59. The minimum atomic E-state index is -3.29. The molecule has 0 aliphatic heterocycles. The summed E-state index contributed by atoms with van der Waals surface area (Å²) in [6.07, 6.45) is 5.53. The van der Waals surface area contributed by atoms with E-state index in [1.807, 2.05) is 6.07 Å². The molecule has 0 amide bonds. The Morgan fingerprint density at radius 2 is 2.10 bits per heavy atom. The van der Waals surface area contributed by atoms with Crippen LogP contribution in [0.5, 0.6) is 0 Å². The van der Waals surface area contributed by atoms with E-state index in [-0.39, 0.29) is 6.04 Å². The molecule has 1 aromatic heterocycles. The first-order valence-electron chi connectivity index (χ1n) is 7.91. The highest BCUT2D eigenvalue weighted by Gasteiger charge is 2.41. The molecule has 2 aliphatic carbocycles. The van der Waals surface area contributed by atoms with E-state index in [0.29, 0.717) is 10.8 Å². The van der Waals surface area contributed by atoms with Crippen molar-refractivity contribution >= 4 is 21.4 Å². The Labute approximate surface area is 131 Å². The van der Waals surface area contributed by atoms with Crippen LogP contribution in [0.1, 0.15) is 43.9 Å². The molecular formula is C15H24N2O2S2. The first-order chi connectivity index (χ1) is 10.1. The molecule has 6 heteroatoms. The number of sulfonamides is 1. The van der Waals surface area contributed by atoms with E-state index in [1.165, 1.54) is 12.8 Å². The Kier molecular flexibility index (Phi) is 4.69. The Morgan fingerprint density at radius 1 is 1.33 bits per heavy atom. The predicted molar refractivity (Wildman–Crippen MR) is 86.0 cm³/mol. The molecular weight excluding hydrogens is 304 g/mol. The molecule has 0 unspecified atom stereocenters. The van der Waals surface area contributed by atoms with Gasteiger partial charge in [-0.05, 0) is 50.6 Å². The van der Waals surface area contributed by atoms with Gasteiger partial charge in [-0.2, -0.15) is 4.31 Å². The second-order valence-electron chi connectivity index (χ2n) is 6.17. The van der Waals surface area contributed by atoms with Crippen molar-refractivity contribution in [2.75, 3.05) is 13.1 Å². The van der Waals surface area contributed by atoms with Crippen molar-refractivity contribution in [1.29, 1.82) is 0 Å². The second-order valence-corrected chi connectivity index (χ2v) is 9.06. The minimum absolute atomic E-state index is 0.261. The van der Waals surface area contributed by atoms with Crippen LogP contribution in [-0.2, 0) is 16.6 Å². The summed E-state index contributed by atoms with van der Waals surface area (Å²) in [7, 11) is -3.29. The maximum Gasteiger partial charge on any atom is 0.244 e. The third-order valence-corrected chi connectivity index (χ3v) is 7.03. The predicted octanol–water partition coefficient (Wildman–Crippen LogP) is 2.81. The molecule has 21 heavy (non-hydrogen) atoms. The topological polar surface area (TPSA) is 49.4 Å². The van der Waals surface area contributed by atoms with Crippen molar-refractivity contribution in [1.82, 2.24) is 9.62 Å². The molecule has 0 radical (unpaired) electrons. The van der Waals surface area contributed by atoms with Gasteiger partial charge in [0.25, 0.3) is 0 Å². The molecule has 4 nitrogen and oxygen atoms in total. The van der Waals surface area contributed by atoms with Gasteiger partial charge in [0.1, 0.15) is 0 Å². The highest BCUT2D eigenvalue weighted by molar-refractivity contribution is 7.89. The van der Waals surface area contributed by atoms with Gasteiger partial charge >= 0.3 is 0 Å². The summed E-state index contributed by atoms with van der Waals surface area (Å²) >= 11 is 1.54. The first-order valence-corrected chi connectivity index (χ1v) is 10.2. The number of hydrogen-bond donors (Lipinski definition) is 1. The summed E-state index contributed by atoms with van der Waals surface area (Å²) in [4.78, 5) is 1.59. The Hall–Kier alpha value is -0.430. The largest absolute Gasteiger partial charge is 0.312 e. The summed E-state index contributed by atoms with van der Waals surface area (Å²) in [5, 5.41) is 5.13. The van der Waals surface area contributed by atoms with E-state index in [2.05, 4.69) is 12.2 Å². The summed E-state index contributed by atoms with van der Waals surface area (Å²) in [5.74, 6) is 0.602. The number of thiophene rings is 1. The highest BCUT2D eigenvalue weighted by atomic mass is 32.2. The lowest BCUT2D eigenvalue weighted by Crippen LogP contribution is -2.34. The molecule has 2 aliphatic rings. The van der Waals surface area contributed by atoms with Crippen LogP contribution in [0.15, 0.2) is 16.3 Å². The zero-order chi connectivity index (χ0) is 14.9. The lowest BCUT2D eigenvalue weighted by Gasteiger charge is -2.21. The van der Waals surface area contributed by atoms with Crippen molar-refractivity contribution in [2.45, 2.75) is 56.5 Å². The molecule has 118 valence electrons. The molecule has 0 saturated heterocycles. The summed E-state index contributed by atoms with van der Waals surface area (Å²) < 4.78 is 27.4. The van der Waals surface area contributed by atoms with E-state index in [1.54, 1.807) is 21.0 Å². The standard InChI is InChI=1S/C15H24N2O2S2/c1-2-7-16-9-14-8-15(11-20-14)21(18,19)17(13-5-6-13)10-12-3-4-12/h8,11-13,16H,2-7,9-10H2,1H3. The number of nitrogens with one attached hydrogen (secondary N) is 1. The molecule has 2 fully saturated rings. The minimum Gasteiger partial charge on any atom is -0.312 e. The molecule has 0 spiro atoms. The van der Waals surface area contributed by atoms with Crippen molar-refractivity contribution in [3.8, 4) is 0 Å². The molecule has 0 aromatic carbocycles. The van der Waals surface area contributed by atoms with Gasteiger partial charge in [-0.15, -0.1) is 11.3 Å². The average Bonchev–Trinajstić information content (AvgIpc) is 3.36. The number of rotatable bonds is 9. The monoisotopic (exact) mass is 328 g/mol. The maximum atomic E-state index is 12.8. The summed E-state index contributed by atoms with van der Waals surface area (Å²) in [5.41, 5.74) is 0. The van der Waals surface area contributed by atoms with Crippen LogP contribution < -0.4 is 5.32 Å². The van der Waals surface area contributed by atoms with Crippen LogP contribution in [-0.4, -0.2) is 31.9 Å². The first kappa shape index (κ1) is 15.5. The number of nitrogens with zero attached hydrogens (tertiary/aromatic N) is 1. The van der Waals surface area contributed by atoms with E-state index < -0.39 is 10.0 Å². The fourth-order valence-corrected chi connectivity index (χ4v) is 5.47. The van der Waals surface area contributed by atoms with Crippen LogP contribution in [0.4, 0.5) is 0 Å².